The Morgan fingerprint density at radius 3 is 2.67 bits per heavy atom. The zero-order valence-corrected chi connectivity index (χ0v) is 9.62. The number of hydrogen-bond acceptors (Lipinski definition) is 4. The first-order chi connectivity index (χ1) is 8.38. The Labute approximate surface area is 102 Å². The van der Waals surface area contributed by atoms with Crippen molar-refractivity contribution in [3.8, 4) is 6.07 Å². The highest BCUT2D eigenvalue weighted by Gasteiger charge is 2.33. The Balaban J connectivity index is 3.04. The normalized spacial score (nSPS) is 12.9. The van der Waals surface area contributed by atoms with Gasteiger partial charge in [0.25, 0.3) is 0 Å². The molecule has 1 heterocycles. The molecule has 1 rings (SSSR count). The largest absolute Gasteiger partial charge is 0.433 e. The number of pyridine rings is 1. The van der Waals surface area contributed by atoms with Crippen molar-refractivity contribution in [2.24, 2.45) is 0 Å². The number of halogens is 3. The van der Waals surface area contributed by atoms with Crippen LogP contribution in [0.25, 0.3) is 0 Å². The molecular weight excluding hydrogens is 247 g/mol. The van der Waals surface area contributed by atoms with Gasteiger partial charge in [-0.05, 0) is 25.5 Å². The van der Waals surface area contributed by atoms with Gasteiger partial charge in [-0.3, -0.25) is 0 Å². The summed E-state index contributed by atoms with van der Waals surface area (Å²) >= 11 is 0. The molecule has 0 spiro atoms. The van der Waals surface area contributed by atoms with Crippen molar-refractivity contribution in [1.82, 2.24) is 4.98 Å². The maximum Gasteiger partial charge on any atom is 0.433 e. The van der Waals surface area contributed by atoms with E-state index in [2.05, 4.69) is 10.3 Å². The quantitative estimate of drug-likeness (QED) is 0.869. The van der Waals surface area contributed by atoms with Crippen molar-refractivity contribution in [2.45, 2.75) is 25.6 Å². The molecule has 0 aliphatic rings. The summed E-state index contributed by atoms with van der Waals surface area (Å²) in [4.78, 5) is 3.40. The highest BCUT2D eigenvalue weighted by molar-refractivity contribution is 5.53. The lowest BCUT2D eigenvalue weighted by molar-refractivity contribution is -0.141. The smallest absolute Gasteiger partial charge is 0.396 e. The molecule has 1 unspecified atom stereocenters. The van der Waals surface area contributed by atoms with Gasteiger partial charge < -0.3 is 10.4 Å². The van der Waals surface area contributed by atoms with E-state index in [1.807, 2.05) is 0 Å². The summed E-state index contributed by atoms with van der Waals surface area (Å²) in [7, 11) is 0. The minimum Gasteiger partial charge on any atom is -0.396 e. The lowest BCUT2D eigenvalue weighted by Gasteiger charge is -2.15. The van der Waals surface area contributed by atoms with Gasteiger partial charge in [-0.25, -0.2) is 4.98 Å². The van der Waals surface area contributed by atoms with E-state index in [0.29, 0.717) is 6.42 Å². The lowest BCUT2D eigenvalue weighted by atomic mass is 10.2. The predicted molar refractivity (Wildman–Crippen MR) is 58.7 cm³/mol. The monoisotopic (exact) mass is 259 g/mol. The molecule has 1 atom stereocenters. The van der Waals surface area contributed by atoms with E-state index in [1.54, 1.807) is 13.0 Å². The van der Waals surface area contributed by atoms with Gasteiger partial charge >= 0.3 is 6.18 Å². The summed E-state index contributed by atoms with van der Waals surface area (Å²) in [6, 6.07) is 3.32. The average molecular weight is 259 g/mol. The molecule has 0 fully saturated rings. The standard InChI is InChI=1S/C11H12F3N3O/c1-7(4-5-18)16-10-8(6-15)2-3-9(17-10)11(12,13)14/h2-3,7,18H,4-5H2,1H3,(H,16,17). The summed E-state index contributed by atoms with van der Waals surface area (Å²) in [6.07, 6.45) is -4.20. The van der Waals surface area contributed by atoms with E-state index in [9.17, 15) is 13.2 Å². The molecule has 1 aromatic rings. The number of anilines is 1. The maximum absolute atomic E-state index is 12.5. The molecule has 4 nitrogen and oxygen atoms in total. The Kier molecular flexibility index (Phi) is 4.50. The van der Waals surface area contributed by atoms with Gasteiger partial charge in [0, 0.05) is 12.6 Å². The molecule has 7 heteroatoms. The molecule has 0 aliphatic carbocycles. The van der Waals surface area contributed by atoms with E-state index >= 15 is 0 Å². The fourth-order valence-corrected chi connectivity index (χ4v) is 1.32. The summed E-state index contributed by atoms with van der Waals surface area (Å²) in [5, 5.41) is 20.2. The fourth-order valence-electron chi connectivity index (χ4n) is 1.32. The molecular formula is C11H12F3N3O. The number of alkyl halides is 3. The maximum atomic E-state index is 12.5. The van der Waals surface area contributed by atoms with Crippen LogP contribution in [0.2, 0.25) is 0 Å². The Morgan fingerprint density at radius 2 is 2.17 bits per heavy atom. The predicted octanol–water partition coefficient (Wildman–Crippen LogP) is 2.15. The summed E-state index contributed by atoms with van der Waals surface area (Å²) in [5.41, 5.74) is -1.02. The van der Waals surface area contributed by atoms with Gasteiger partial charge in [-0.2, -0.15) is 18.4 Å². The van der Waals surface area contributed by atoms with Gasteiger partial charge in [0.2, 0.25) is 0 Å². The van der Waals surface area contributed by atoms with Crippen LogP contribution in [-0.4, -0.2) is 22.7 Å². The summed E-state index contributed by atoms with van der Waals surface area (Å²) in [6.45, 7) is 1.58. The highest BCUT2D eigenvalue weighted by atomic mass is 19.4. The van der Waals surface area contributed by atoms with Crippen LogP contribution in [0.5, 0.6) is 0 Å². The second kappa shape index (κ2) is 5.69. The third-order valence-corrected chi connectivity index (χ3v) is 2.25. The fraction of sp³-hybridized carbons (Fsp3) is 0.455. The van der Waals surface area contributed by atoms with Gasteiger partial charge in [0.05, 0.1) is 5.56 Å². The van der Waals surface area contributed by atoms with Crippen LogP contribution < -0.4 is 5.32 Å². The Bertz CT molecular complexity index is 454. The van der Waals surface area contributed by atoms with Crippen LogP contribution in [0.3, 0.4) is 0 Å². The van der Waals surface area contributed by atoms with Crippen LogP contribution in [0.1, 0.15) is 24.6 Å². The van der Waals surface area contributed by atoms with Crippen molar-refractivity contribution in [3.63, 3.8) is 0 Å². The minimum absolute atomic E-state index is 0.0350. The topological polar surface area (TPSA) is 68.9 Å². The molecule has 0 saturated heterocycles. The van der Waals surface area contributed by atoms with Crippen molar-refractivity contribution < 1.29 is 18.3 Å². The number of hydrogen-bond donors (Lipinski definition) is 2. The Hall–Kier alpha value is -1.81. The molecule has 0 aliphatic heterocycles. The molecule has 98 valence electrons. The van der Waals surface area contributed by atoms with Crippen molar-refractivity contribution >= 4 is 5.82 Å². The molecule has 0 bridgehead atoms. The van der Waals surface area contributed by atoms with Gasteiger partial charge in [0.1, 0.15) is 17.6 Å². The number of nitrogens with zero attached hydrogens (tertiary/aromatic N) is 2. The van der Waals surface area contributed by atoms with Crippen LogP contribution >= 0.6 is 0 Å². The second-order valence-electron chi connectivity index (χ2n) is 3.76. The first-order valence-corrected chi connectivity index (χ1v) is 5.24. The molecule has 1 aromatic heterocycles. The summed E-state index contributed by atoms with van der Waals surface area (Å²) in [5.74, 6) is -0.117. The average Bonchev–Trinajstić information content (AvgIpc) is 2.28. The third-order valence-electron chi connectivity index (χ3n) is 2.25. The molecule has 0 saturated carbocycles. The minimum atomic E-state index is -4.55. The van der Waals surface area contributed by atoms with E-state index in [1.165, 1.54) is 0 Å². The van der Waals surface area contributed by atoms with Crippen LogP contribution in [0, 0.1) is 11.3 Å². The molecule has 0 aromatic carbocycles. The van der Waals surface area contributed by atoms with E-state index in [0.717, 1.165) is 12.1 Å². The van der Waals surface area contributed by atoms with E-state index in [-0.39, 0.29) is 24.0 Å². The van der Waals surface area contributed by atoms with Crippen LogP contribution in [0.15, 0.2) is 12.1 Å². The number of nitrogens with one attached hydrogen (secondary N) is 1. The van der Waals surface area contributed by atoms with Crippen LogP contribution in [-0.2, 0) is 6.18 Å². The molecule has 0 amide bonds. The van der Waals surface area contributed by atoms with Crippen LogP contribution in [0.4, 0.5) is 19.0 Å². The van der Waals surface area contributed by atoms with Crippen molar-refractivity contribution in [3.05, 3.63) is 23.4 Å². The second-order valence-corrected chi connectivity index (χ2v) is 3.76. The molecule has 2 N–H and O–H groups in total. The van der Waals surface area contributed by atoms with Gasteiger partial charge in [-0.15, -0.1) is 0 Å². The number of aromatic nitrogens is 1. The molecule has 18 heavy (non-hydrogen) atoms. The first-order valence-electron chi connectivity index (χ1n) is 5.24. The van der Waals surface area contributed by atoms with E-state index < -0.39 is 11.9 Å². The number of nitriles is 1. The first kappa shape index (κ1) is 14.3. The lowest BCUT2D eigenvalue weighted by Crippen LogP contribution is -2.19. The third kappa shape index (κ3) is 3.60. The zero-order chi connectivity index (χ0) is 13.8. The highest BCUT2D eigenvalue weighted by Crippen LogP contribution is 2.29. The Morgan fingerprint density at radius 1 is 1.50 bits per heavy atom. The molecule has 0 radical (unpaired) electrons. The number of aliphatic hydroxyl groups excluding tert-OH is 1. The van der Waals surface area contributed by atoms with E-state index in [4.69, 9.17) is 10.4 Å². The van der Waals surface area contributed by atoms with Gasteiger partial charge in [-0.1, -0.05) is 0 Å². The van der Waals surface area contributed by atoms with Crippen molar-refractivity contribution in [2.75, 3.05) is 11.9 Å². The number of rotatable bonds is 4. The summed E-state index contributed by atoms with van der Waals surface area (Å²) < 4.78 is 37.4. The van der Waals surface area contributed by atoms with Crippen molar-refractivity contribution in [1.29, 1.82) is 5.26 Å². The zero-order valence-electron chi connectivity index (χ0n) is 9.62. The SMILES string of the molecule is CC(CCO)Nc1nc(C(F)(F)F)ccc1C#N. The van der Waals surface area contributed by atoms with Gasteiger partial charge in [0.15, 0.2) is 0 Å². The number of aliphatic hydroxyl groups is 1.